The second-order valence-corrected chi connectivity index (χ2v) is 6.49. The zero-order valence-electron chi connectivity index (χ0n) is 17.8. The zero-order chi connectivity index (χ0) is 22.9. The highest BCUT2D eigenvalue weighted by atomic mass is 17.3. The first-order valence-corrected chi connectivity index (χ1v) is 9.93. The number of carbonyl (C=O) groups is 1. The van der Waals surface area contributed by atoms with Crippen LogP contribution in [-0.4, -0.2) is 30.0 Å². The highest BCUT2D eigenvalue weighted by Crippen LogP contribution is 2.24. The number of nitrogens with zero attached hydrogens (tertiary/aromatic N) is 6. The van der Waals surface area contributed by atoms with Crippen LogP contribution in [0.1, 0.15) is 19.4 Å². The van der Waals surface area contributed by atoms with Crippen LogP contribution >= 0.6 is 0 Å². The van der Waals surface area contributed by atoms with Gasteiger partial charge in [-0.3, -0.25) is 4.79 Å². The number of rotatable bonds is 9. The average molecular weight is 430 g/mol. The number of azo groups is 1. The molecule has 3 rings (SSSR count). The molecule has 0 saturated heterocycles. The summed E-state index contributed by atoms with van der Waals surface area (Å²) in [5.41, 5.74) is 3.34. The third-order valence-corrected chi connectivity index (χ3v) is 4.58. The van der Waals surface area contributed by atoms with E-state index in [1.54, 1.807) is 30.3 Å². The van der Waals surface area contributed by atoms with Gasteiger partial charge in [-0.1, -0.05) is 31.4 Å². The maximum atomic E-state index is 12.3. The minimum atomic E-state index is -0.616. The molecule has 1 aliphatic heterocycles. The van der Waals surface area contributed by atoms with Crippen LogP contribution in [0.2, 0.25) is 0 Å². The van der Waals surface area contributed by atoms with Crippen molar-refractivity contribution in [3.63, 3.8) is 0 Å². The lowest BCUT2D eigenvalue weighted by atomic mass is 10.1. The van der Waals surface area contributed by atoms with E-state index in [0.717, 1.165) is 30.7 Å². The SMILES string of the molecule is [C-]#[N+]C1=NN(OOC=C)C(=O)C1=Cc1ccc(N=Nc2ccc(N(CC)CC)cc2)cc1. The molecule has 0 aromatic heterocycles. The van der Waals surface area contributed by atoms with Gasteiger partial charge in [-0.2, -0.15) is 10.2 Å². The van der Waals surface area contributed by atoms with Gasteiger partial charge in [0.05, 0.1) is 16.9 Å². The second-order valence-electron chi connectivity index (χ2n) is 6.49. The first-order chi connectivity index (χ1) is 15.6. The highest BCUT2D eigenvalue weighted by Gasteiger charge is 2.35. The standard InChI is InChI=1S/C23H22N6O3/c1-5-28(6-2)20-14-12-19(13-15-20)26-25-18-10-8-17(9-11-18)16-21-22(24-4)27-29(23(21)30)32-31-7-3/h7-16H,3,5-6H2,1-2H3. The lowest BCUT2D eigenvalue weighted by Crippen LogP contribution is -2.21. The first-order valence-electron chi connectivity index (χ1n) is 9.93. The van der Waals surface area contributed by atoms with Crippen molar-refractivity contribution in [2.24, 2.45) is 15.3 Å². The number of benzene rings is 2. The smallest absolute Gasteiger partial charge is 0.316 e. The summed E-state index contributed by atoms with van der Waals surface area (Å²) in [4.78, 5) is 27.0. The van der Waals surface area contributed by atoms with Crippen LogP contribution in [0, 0.1) is 6.57 Å². The number of amides is 1. The Morgan fingerprint density at radius 1 is 1.09 bits per heavy atom. The molecule has 0 radical (unpaired) electrons. The summed E-state index contributed by atoms with van der Waals surface area (Å²) in [6.07, 6.45) is 2.54. The Kier molecular flexibility index (Phi) is 7.46. The summed E-state index contributed by atoms with van der Waals surface area (Å²) >= 11 is 0. The lowest BCUT2D eigenvalue weighted by molar-refractivity contribution is -0.378. The minimum absolute atomic E-state index is 0.0929. The van der Waals surface area contributed by atoms with Gasteiger partial charge in [0, 0.05) is 29.1 Å². The largest absolute Gasteiger partial charge is 0.372 e. The van der Waals surface area contributed by atoms with E-state index >= 15 is 0 Å². The summed E-state index contributed by atoms with van der Waals surface area (Å²) in [7, 11) is 0. The van der Waals surface area contributed by atoms with Crippen molar-refractivity contribution >= 4 is 34.9 Å². The third-order valence-electron chi connectivity index (χ3n) is 4.58. The predicted molar refractivity (Wildman–Crippen MR) is 122 cm³/mol. The van der Waals surface area contributed by atoms with Crippen molar-refractivity contribution in [3.8, 4) is 0 Å². The van der Waals surface area contributed by atoms with Crippen molar-refractivity contribution in [2.75, 3.05) is 18.0 Å². The molecular weight excluding hydrogens is 408 g/mol. The fourth-order valence-electron chi connectivity index (χ4n) is 2.95. The van der Waals surface area contributed by atoms with E-state index in [4.69, 9.17) is 6.57 Å². The molecule has 1 amide bonds. The maximum Gasteiger partial charge on any atom is 0.316 e. The number of hydrogen-bond donors (Lipinski definition) is 0. The fraction of sp³-hybridized carbons (Fsp3) is 0.174. The molecule has 0 bridgehead atoms. The third kappa shape index (κ3) is 5.24. The number of hydrazone groups is 1. The highest BCUT2D eigenvalue weighted by molar-refractivity contribution is 6.29. The van der Waals surface area contributed by atoms with E-state index in [1.807, 2.05) is 24.3 Å². The van der Waals surface area contributed by atoms with Crippen LogP contribution in [0.25, 0.3) is 10.9 Å². The average Bonchev–Trinajstić information content (AvgIpc) is 3.13. The molecule has 0 aliphatic carbocycles. The van der Waals surface area contributed by atoms with Crippen molar-refractivity contribution in [1.29, 1.82) is 0 Å². The van der Waals surface area contributed by atoms with Crippen LogP contribution in [0.3, 0.4) is 0 Å². The monoisotopic (exact) mass is 430 g/mol. The second kappa shape index (κ2) is 10.7. The number of carbonyl (C=O) groups excluding carboxylic acids is 1. The molecule has 0 spiro atoms. The molecule has 162 valence electrons. The van der Waals surface area contributed by atoms with E-state index in [2.05, 4.69) is 55.4 Å². The Balaban J connectivity index is 1.70. The first kappa shape index (κ1) is 22.4. The van der Waals surface area contributed by atoms with Crippen molar-refractivity contribution in [3.05, 3.63) is 83.9 Å². The molecule has 2 aromatic rings. The minimum Gasteiger partial charge on any atom is -0.372 e. The molecule has 32 heavy (non-hydrogen) atoms. The van der Waals surface area contributed by atoms with E-state index < -0.39 is 5.91 Å². The molecule has 0 unspecified atom stereocenters. The van der Waals surface area contributed by atoms with Crippen LogP contribution in [-0.2, 0) is 14.7 Å². The van der Waals surface area contributed by atoms with Gasteiger partial charge in [0.2, 0.25) is 0 Å². The summed E-state index contributed by atoms with van der Waals surface area (Å²) in [5, 5.41) is 12.9. The van der Waals surface area contributed by atoms with Crippen LogP contribution in [0.5, 0.6) is 0 Å². The molecule has 0 N–H and O–H groups in total. The Morgan fingerprint density at radius 3 is 2.22 bits per heavy atom. The normalized spacial score (nSPS) is 14.5. The Morgan fingerprint density at radius 2 is 1.69 bits per heavy atom. The van der Waals surface area contributed by atoms with E-state index in [-0.39, 0.29) is 11.4 Å². The molecule has 1 aliphatic rings. The Hall–Kier alpha value is -4.29. The van der Waals surface area contributed by atoms with Crippen molar-refractivity contribution in [2.45, 2.75) is 13.8 Å². The summed E-state index contributed by atoms with van der Waals surface area (Å²) in [6.45, 7) is 16.7. The van der Waals surface area contributed by atoms with Gasteiger partial charge in [0.15, 0.2) is 0 Å². The zero-order valence-corrected chi connectivity index (χ0v) is 17.8. The van der Waals surface area contributed by atoms with Crippen LogP contribution in [0.15, 0.2) is 82.3 Å². The molecule has 0 saturated carbocycles. The summed E-state index contributed by atoms with van der Waals surface area (Å²) in [5.74, 6) is -0.714. The van der Waals surface area contributed by atoms with Gasteiger partial charge in [-0.15, -0.1) is 0 Å². The van der Waals surface area contributed by atoms with Gasteiger partial charge in [0.1, 0.15) is 6.26 Å². The van der Waals surface area contributed by atoms with Gasteiger partial charge >= 0.3 is 11.7 Å². The molecule has 1 heterocycles. The van der Waals surface area contributed by atoms with Gasteiger partial charge < -0.3 is 14.6 Å². The van der Waals surface area contributed by atoms with Gasteiger partial charge in [-0.05, 0) is 60.8 Å². The Bertz CT molecular complexity index is 1090. The molecule has 9 heteroatoms. The van der Waals surface area contributed by atoms with E-state index in [0.29, 0.717) is 16.4 Å². The molecule has 2 aromatic carbocycles. The molecular formula is C23H22N6O3. The predicted octanol–water partition coefficient (Wildman–Crippen LogP) is 5.41. The number of anilines is 1. The maximum absolute atomic E-state index is 12.3. The Labute approximate surface area is 186 Å². The lowest BCUT2D eigenvalue weighted by Gasteiger charge is -2.20. The van der Waals surface area contributed by atoms with Crippen molar-refractivity contribution in [1.82, 2.24) is 5.17 Å². The quantitative estimate of drug-likeness (QED) is 0.133. The number of hydrogen-bond acceptors (Lipinski definition) is 7. The number of amidine groups is 1. The summed E-state index contributed by atoms with van der Waals surface area (Å²) < 4.78 is 0. The van der Waals surface area contributed by atoms with E-state index in [1.165, 1.54) is 0 Å². The molecule has 9 nitrogen and oxygen atoms in total. The van der Waals surface area contributed by atoms with Crippen LogP contribution in [0.4, 0.5) is 17.1 Å². The van der Waals surface area contributed by atoms with E-state index in [9.17, 15) is 4.79 Å². The topological polar surface area (TPSA) is 83.4 Å². The molecule has 0 fully saturated rings. The fourth-order valence-corrected chi connectivity index (χ4v) is 2.95. The summed E-state index contributed by atoms with van der Waals surface area (Å²) in [6, 6.07) is 15.0. The van der Waals surface area contributed by atoms with Gasteiger partial charge in [-0.25, -0.2) is 0 Å². The van der Waals surface area contributed by atoms with Crippen LogP contribution < -0.4 is 4.90 Å². The number of hydroxylamine groups is 1. The van der Waals surface area contributed by atoms with Crippen molar-refractivity contribution < 1.29 is 14.7 Å². The van der Waals surface area contributed by atoms with Gasteiger partial charge in [0.25, 0.3) is 0 Å². The molecule has 0 atom stereocenters.